The molecule has 3 heteroatoms. The Kier molecular flexibility index (Phi) is 2.11. The zero-order valence-electron chi connectivity index (χ0n) is 4.97. The maximum atomic E-state index is 8.99. The van der Waals surface area contributed by atoms with Crippen LogP contribution < -0.4 is 0 Å². The summed E-state index contributed by atoms with van der Waals surface area (Å²) < 4.78 is 0.728. The first-order chi connectivity index (χ1) is 4.20. The average molecular weight is 163 g/mol. The Labute approximate surface area is 62.9 Å². The van der Waals surface area contributed by atoms with Crippen LogP contribution in [0.25, 0.3) is 0 Å². The second-order valence-corrected chi connectivity index (χ2v) is 3.56. The highest BCUT2D eigenvalue weighted by molar-refractivity contribution is 7.16. The molecule has 1 atom stereocenters. The minimum Gasteiger partial charge on any atom is -0.388 e. The number of rotatable bonds is 1. The summed E-state index contributed by atoms with van der Waals surface area (Å²) in [6.45, 7) is 1.72. The minimum atomic E-state index is -0.387. The van der Waals surface area contributed by atoms with Gasteiger partial charge < -0.3 is 5.11 Å². The van der Waals surface area contributed by atoms with Crippen molar-refractivity contribution in [2.75, 3.05) is 0 Å². The van der Waals surface area contributed by atoms with Crippen LogP contribution >= 0.6 is 22.9 Å². The van der Waals surface area contributed by atoms with E-state index in [4.69, 9.17) is 16.7 Å². The monoisotopic (exact) mass is 162 g/mol. The van der Waals surface area contributed by atoms with Gasteiger partial charge in [0.05, 0.1) is 10.4 Å². The van der Waals surface area contributed by atoms with Crippen LogP contribution in [0.4, 0.5) is 0 Å². The van der Waals surface area contributed by atoms with Crippen LogP contribution in [-0.2, 0) is 0 Å². The summed E-state index contributed by atoms with van der Waals surface area (Å²) in [6.07, 6.45) is -0.387. The van der Waals surface area contributed by atoms with Gasteiger partial charge in [-0.3, -0.25) is 0 Å². The summed E-state index contributed by atoms with van der Waals surface area (Å²) in [4.78, 5) is 0.917. The van der Waals surface area contributed by atoms with Gasteiger partial charge in [-0.05, 0) is 19.1 Å². The number of aliphatic hydroxyl groups is 1. The molecule has 0 amide bonds. The van der Waals surface area contributed by atoms with Gasteiger partial charge in [-0.25, -0.2) is 0 Å². The summed E-state index contributed by atoms with van der Waals surface area (Å²) in [5.74, 6) is 0. The van der Waals surface area contributed by atoms with Crippen LogP contribution in [0.5, 0.6) is 0 Å². The molecule has 0 aliphatic carbocycles. The van der Waals surface area contributed by atoms with Crippen LogP contribution in [0.2, 0.25) is 4.34 Å². The van der Waals surface area contributed by atoms with Gasteiger partial charge in [0, 0.05) is 4.88 Å². The van der Waals surface area contributed by atoms with Crippen molar-refractivity contribution in [3.8, 4) is 0 Å². The molecule has 1 N–H and O–H groups in total. The number of thiophene rings is 1. The van der Waals surface area contributed by atoms with Gasteiger partial charge in [-0.2, -0.15) is 0 Å². The molecule has 0 saturated carbocycles. The van der Waals surface area contributed by atoms with E-state index in [9.17, 15) is 0 Å². The van der Waals surface area contributed by atoms with Gasteiger partial charge in [0.2, 0.25) is 0 Å². The fourth-order valence-electron chi connectivity index (χ4n) is 0.553. The van der Waals surface area contributed by atoms with Gasteiger partial charge in [-0.15, -0.1) is 11.3 Å². The molecular weight excluding hydrogens is 156 g/mol. The number of hydrogen-bond acceptors (Lipinski definition) is 2. The van der Waals surface area contributed by atoms with E-state index in [0.717, 1.165) is 9.21 Å². The fraction of sp³-hybridized carbons (Fsp3) is 0.333. The van der Waals surface area contributed by atoms with E-state index in [1.54, 1.807) is 13.0 Å². The Morgan fingerprint density at radius 1 is 1.67 bits per heavy atom. The topological polar surface area (TPSA) is 20.2 Å². The molecule has 0 unspecified atom stereocenters. The molecule has 0 spiro atoms. The molecule has 1 aromatic rings. The summed E-state index contributed by atoms with van der Waals surface area (Å²) >= 11 is 7.02. The second-order valence-electron chi connectivity index (χ2n) is 1.82. The molecule has 0 saturated heterocycles. The predicted molar refractivity (Wildman–Crippen MR) is 40.0 cm³/mol. The first-order valence-corrected chi connectivity index (χ1v) is 3.83. The van der Waals surface area contributed by atoms with Crippen molar-refractivity contribution in [1.29, 1.82) is 0 Å². The zero-order valence-corrected chi connectivity index (χ0v) is 6.54. The third-order valence-electron chi connectivity index (χ3n) is 1.01. The van der Waals surface area contributed by atoms with Gasteiger partial charge in [0.15, 0.2) is 0 Å². The minimum absolute atomic E-state index is 0.387. The third kappa shape index (κ3) is 1.68. The van der Waals surface area contributed by atoms with E-state index < -0.39 is 0 Å². The molecule has 1 heterocycles. The fourth-order valence-corrected chi connectivity index (χ4v) is 1.55. The molecular formula is C6H7ClOS. The Morgan fingerprint density at radius 2 is 2.33 bits per heavy atom. The van der Waals surface area contributed by atoms with Crippen LogP contribution in [0.1, 0.15) is 17.9 Å². The maximum absolute atomic E-state index is 8.99. The molecule has 1 nitrogen and oxygen atoms in total. The lowest BCUT2D eigenvalue weighted by Gasteiger charge is -1.95. The van der Waals surface area contributed by atoms with Crippen molar-refractivity contribution >= 4 is 22.9 Å². The van der Waals surface area contributed by atoms with Gasteiger partial charge in [0.1, 0.15) is 0 Å². The molecule has 1 rings (SSSR count). The number of halogens is 1. The smallest absolute Gasteiger partial charge is 0.0932 e. The Balaban J connectivity index is 2.85. The Bertz CT molecular complexity index is 195. The van der Waals surface area contributed by atoms with Crippen LogP contribution in [0.3, 0.4) is 0 Å². The van der Waals surface area contributed by atoms with Crippen LogP contribution in [0, 0.1) is 0 Å². The number of aliphatic hydroxyl groups excluding tert-OH is 1. The molecule has 0 aromatic carbocycles. The average Bonchev–Trinajstić information content (AvgIpc) is 2.14. The Morgan fingerprint density at radius 3 is 2.56 bits per heavy atom. The van der Waals surface area contributed by atoms with E-state index in [1.165, 1.54) is 11.3 Å². The maximum Gasteiger partial charge on any atom is 0.0932 e. The summed E-state index contributed by atoms with van der Waals surface area (Å²) in [6, 6.07) is 3.62. The van der Waals surface area contributed by atoms with Crippen molar-refractivity contribution in [3.05, 3.63) is 21.3 Å². The normalized spacial score (nSPS) is 13.7. The lowest BCUT2D eigenvalue weighted by molar-refractivity contribution is 0.203. The van der Waals surface area contributed by atoms with Crippen molar-refractivity contribution < 1.29 is 5.11 Å². The van der Waals surface area contributed by atoms with Crippen molar-refractivity contribution in [2.45, 2.75) is 13.0 Å². The molecule has 50 valence electrons. The first-order valence-electron chi connectivity index (χ1n) is 2.63. The summed E-state index contributed by atoms with van der Waals surface area (Å²) in [7, 11) is 0. The van der Waals surface area contributed by atoms with E-state index in [0.29, 0.717) is 0 Å². The van der Waals surface area contributed by atoms with Gasteiger partial charge in [0.25, 0.3) is 0 Å². The lowest BCUT2D eigenvalue weighted by atomic mass is 10.3. The predicted octanol–water partition coefficient (Wildman–Crippen LogP) is 2.45. The van der Waals surface area contributed by atoms with Crippen LogP contribution in [0.15, 0.2) is 12.1 Å². The van der Waals surface area contributed by atoms with Crippen molar-refractivity contribution in [2.24, 2.45) is 0 Å². The zero-order chi connectivity index (χ0) is 6.85. The molecule has 0 fully saturated rings. The number of hydrogen-bond donors (Lipinski definition) is 1. The molecule has 9 heavy (non-hydrogen) atoms. The SMILES string of the molecule is C[C@H](O)c1ccc(Cl)s1. The van der Waals surface area contributed by atoms with E-state index >= 15 is 0 Å². The highest BCUT2D eigenvalue weighted by Crippen LogP contribution is 2.25. The van der Waals surface area contributed by atoms with Crippen LogP contribution in [-0.4, -0.2) is 5.11 Å². The molecule has 0 radical (unpaired) electrons. The second kappa shape index (κ2) is 2.69. The van der Waals surface area contributed by atoms with E-state index in [2.05, 4.69) is 0 Å². The van der Waals surface area contributed by atoms with Crippen molar-refractivity contribution in [1.82, 2.24) is 0 Å². The summed E-state index contributed by atoms with van der Waals surface area (Å²) in [5.41, 5.74) is 0. The molecule has 0 aliphatic heterocycles. The largest absolute Gasteiger partial charge is 0.388 e. The van der Waals surface area contributed by atoms with E-state index in [-0.39, 0.29) is 6.10 Å². The first kappa shape index (κ1) is 7.06. The highest BCUT2D eigenvalue weighted by atomic mass is 35.5. The third-order valence-corrected chi connectivity index (χ3v) is 2.41. The lowest BCUT2D eigenvalue weighted by Crippen LogP contribution is -1.82. The standard InChI is InChI=1S/C6H7ClOS/c1-4(8)5-2-3-6(7)9-5/h2-4,8H,1H3/t4-/m0/s1. The Hall–Kier alpha value is -0.0500. The molecule has 0 aliphatic rings. The molecule has 0 bridgehead atoms. The molecule has 1 aromatic heterocycles. The summed E-state index contributed by atoms with van der Waals surface area (Å²) in [5, 5.41) is 8.99. The van der Waals surface area contributed by atoms with E-state index in [1.807, 2.05) is 6.07 Å². The van der Waals surface area contributed by atoms with Crippen molar-refractivity contribution in [3.63, 3.8) is 0 Å². The highest BCUT2D eigenvalue weighted by Gasteiger charge is 2.01. The quantitative estimate of drug-likeness (QED) is 0.673. The van der Waals surface area contributed by atoms with Gasteiger partial charge >= 0.3 is 0 Å². The van der Waals surface area contributed by atoms with Gasteiger partial charge in [-0.1, -0.05) is 11.6 Å².